The molecule has 1 unspecified atom stereocenters. The molecule has 1 N–H and O–H groups in total. The second kappa shape index (κ2) is 7.34. The summed E-state index contributed by atoms with van der Waals surface area (Å²) in [7, 11) is 0. The topological polar surface area (TPSA) is 12.0 Å². The number of halogens is 4. The molecule has 0 fully saturated rings. The Morgan fingerprint density at radius 2 is 1.76 bits per heavy atom. The number of nitrogens with one attached hydrogen (secondary N) is 1. The van der Waals surface area contributed by atoms with Gasteiger partial charge in [0, 0.05) is 10.0 Å². The van der Waals surface area contributed by atoms with Crippen molar-refractivity contribution in [3.8, 4) is 0 Å². The standard InChI is InChI=1S/C16H15BrClF2N/c1-2-9-21-16(10-5-3-6-11(17)15(10)18)14-12(19)7-4-8-13(14)20/h3-8,16,21H,2,9H2,1H3. The van der Waals surface area contributed by atoms with Crippen molar-refractivity contribution in [3.05, 3.63) is 68.7 Å². The van der Waals surface area contributed by atoms with Crippen LogP contribution in [0.15, 0.2) is 40.9 Å². The van der Waals surface area contributed by atoms with Crippen molar-refractivity contribution in [1.82, 2.24) is 5.32 Å². The van der Waals surface area contributed by atoms with Gasteiger partial charge in [-0.2, -0.15) is 0 Å². The smallest absolute Gasteiger partial charge is 0.131 e. The van der Waals surface area contributed by atoms with Crippen molar-refractivity contribution in [2.75, 3.05) is 6.54 Å². The maximum absolute atomic E-state index is 14.1. The monoisotopic (exact) mass is 373 g/mol. The summed E-state index contributed by atoms with van der Waals surface area (Å²) in [5.74, 6) is -1.17. The van der Waals surface area contributed by atoms with E-state index < -0.39 is 17.7 Å². The molecule has 5 heteroatoms. The molecule has 0 aliphatic carbocycles. The lowest BCUT2D eigenvalue weighted by Crippen LogP contribution is -2.25. The Labute approximate surface area is 136 Å². The highest BCUT2D eigenvalue weighted by Crippen LogP contribution is 2.35. The Hall–Kier alpha value is -0.970. The van der Waals surface area contributed by atoms with Crippen LogP contribution in [0.1, 0.15) is 30.5 Å². The Kier molecular flexibility index (Phi) is 5.73. The molecule has 2 rings (SSSR count). The molecule has 0 spiro atoms. The molecule has 0 aliphatic heterocycles. The Morgan fingerprint density at radius 1 is 1.14 bits per heavy atom. The van der Waals surface area contributed by atoms with Gasteiger partial charge in [-0.25, -0.2) is 8.78 Å². The van der Waals surface area contributed by atoms with E-state index in [9.17, 15) is 8.78 Å². The zero-order chi connectivity index (χ0) is 15.4. The van der Waals surface area contributed by atoms with Crippen molar-refractivity contribution < 1.29 is 8.78 Å². The van der Waals surface area contributed by atoms with Gasteiger partial charge in [-0.05, 0) is 52.7 Å². The first-order chi connectivity index (χ1) is 10.1. The summed E-state index contributed by atoms with van der Waals surface area (Å²) in [6.07, 6.45) is 0.845. The van der Waals surface area contributed by atoms with E-state index in [1.165, 1.54) is 18.2 Å². The Morgan fingerprint density at radius 3 is 2.38 bits per heavy atom. The summed E-state index contributed by atoms with van der Waals surface area (Å²) in [6, 6.07) is 8.59. The van der Waals surface area contributed by atoms with Crippen molar-refractivity contribution in [2.24, 2.45) is 0 Å². The highest BCUT2D eigenvalue weighted by atomic mass is 79.9. The van der Waals surface area contributed by atoms with Crippen molar-refractivity contribution >= 4 is 27.5 Å². The van der Waals surface area contributed by atoms with Crippen LogP contribution < -0.4 is 5.32 Å². The molecule has 0 saturated heterocycles. The van der Waals surface area contributed by atoms with E-state index in [1.54, 1.807) is 18.2 Å². The molecule has 1 atom stereocenters. The fourth-order valence-electron chi connectivity index (χ4n) is 2.19. The van der Waals surface area contributed by atoms with Gasteiger partial charge in [-0.1, -0.05) is 36.7 Å². The van der Waals surface area contributed by atoms with Crippen molar-refractivity contribution in [2.45, 2.75) is 19.4 Å². The third-order valence-corrected chi connectivity index (χ3v) is 4.49. The molecule has 0 heterocycles. The number of hydrogen-bond donors (Lipinski definition) is 1. The first-order valence-corrected chi connectivity index (χ1v) is 7.84. The molecule has 1 nitrogen and oxygen atoms in total. The first-order valence-electron chi connectivity index (χ1n) is 6.67. The maximum atomic E-state index is 14.1. The molecular formula is C16H15BrClF2N. The summed E-state index contributed by atoms with van der Waals surface area (Å²) in [4.78, 5) is 0. The van der Waals surface area contributed by atoms with Crippen LogP contribution in [0, 0.1) is 11.6 Å². The van der Waals surface area contributed by atoms with Gasteiger partial charge in [0.2, 0.25) is 0 Å². The van der Waals surface area contributed by atoms with Crippen LogP contribution in [0.2, 0.25) is 5.02 Å². The average Bonchev–Trinajstić information content (AvgIpc) is 2.45. The number of rotatable bonds is 5. The van der Waals surface area contributed by atoms with Crippen LogP contribution in [0.4, 0.5) is 8.78 Å². The second-order valence-electron chi connectivity index (χ2n) is 4.67. The van der Waals surface area contributed by atoms with Crippen LogP contribution in [-0.2, 0) is 0 Å². The van der Waals surface area contributed by atoms with Gasteiger partial charge in [0.05, 0.1) is 11.1 Å². The number of benzene rings is 2. The largest absolute Gasteiger partial charge is 0.306 e. The second-order valence-corrected chi connectivity index (χ2v) is 5.90. The van der Waals surface area contributed by atoms with Gasteiger partial charge in [-0.15, -0.1) is 0 Å². The SMILES string of the molecule is CCCNC(c1cccc(Br)c1Cl)c1c(F)cccc1F. The minimum atomic E-state index is -0.629. The van der Waals surface area contributed by atoms with Crippen LogP contribution in [0.5, 0.6) is 0 Å². The minimum Gasteiger partial charge on any atom is -0.306 e. The minimum absolute atomic E-state index is 0.00838. The van der Waals surface area contributed by atoms with Gasteiger partial charge in [0.25, 0.3) is 0 Å². The molecule has 2 aromatic carbocycles. The molecule has 2 aromatic rings. The van der Waals surface area contributed by atoms with Crippen molar-refractivity contribution in [1.29, 1.82) is 0 Å². The Bertz CT molecular complexity index is 613. The zero-order valence-electron chi connectivity index (χ0n) is 11.5. The van der Waals surface area contributed by atoms with Crippen LogP contribution in [0.25, 0.3) is 0 Å². The van der Waals surface area contributed by atoms with Crippen LogP contribution in [0.3, 0.4) is 0 Å². The van der Waals surface area contributed by atoms with Gasteiger partial charge in [-0.3, -0.25) is 0 Å². The molecule has 0 radical (unpaired) electrons. The lowest BCUT2D eigenvalue weighted by atomic mass is 9.97. The normalized spacial score (nSPS) is 12.4. The first kappa shape index (κ1) is 16.4. The predicted octanol–water partition coefficient (Wildman–Crippen LogP) is 5.47. The molecule has 0 amide bonds. The summed E-state index contributed by atoms with van der Waals surface area (Å²) in [5, 5.41) is 3.62. The average molecular weight is 375 g/mol. The third kappa shape index (κ3) is 3.62. The van der Waals surface area contributed by atoms with Crippen LogP contribution >= 0.6 is 27.5 Å². The molecule has 0 saturated carbocycles. The fraction of sp³-hybridized carbons (Fsp3) is 0.250. The molecular weight excluding hydrogens is 360 g/mol. The van der Waals surface area contributed by atoms with Crippen molar-refractivity contribution in [3.63, 3.8) is 0 Å². The number of hydrogen-bond acceptors (Lipinski definition) is 1. The quantitative estimate of drug-likeness (QED) is 0.732. The molecule has 0 bridgehead atoms. The van der Waals surface area contributed by atoms with Gasteiger partial charge < -0.3 is 5.32 Å². The Balaban J connectivity index is 2.55. The lowest BCUT2D eigenvalue weighted by molar-refractivity contribution is 0.503. The summed E-state index contributed by atoms with van der Waals surface area (Å²) >= 11 is 9.63. The van der Waals surface area contributed by atoms with Crippen LogP contribution in [-0.4, -0.2) is 6.54 Å². The predicted molar refractivity (Wildman–Crippen MR) is 85.6 cm³/mol. The van der Waals surface area contributed by atoms with E-state index >= 15 is 0 Å². The van der Waals surface area contributed by atoms with E-state index in [2.05, 4.69) is 21.2 Å². The summed E-state index contributed by atoms with van der Waals surface area (Å²) in [6.45, 7) is 2.62. The molecule has 0 aliphatic rings. The van der Waals surface area contributed by atoms with E-state index in [4.69, 9.17) is 11.6 Å². The van der Waals surface area contributed by atoms with E-state index in [-0.39, 0.29) is 5.56 Å². The van der Waals surface area contributed by atoms with E-state index in [0.29, 0.717) is 21.6 Å². The lowest BCUT2D eigenvalue weighted by Gasteiger charge is -2.22. The maximum Gasteiger partial charge on any atom is 0.131 e. The van der Waals surface area contributed by atoms with Gasteiger partial charge in [0.15, 0.2) is 0 Å². The van der Waals surface area contributed by atoms with Gasteiger partial charge >= 0.3 is 0 Å². The van der Waals surface area contributed by atoms with Gasteiger partial charge in [0.1, 0.15) is 11.6 Å². The van der Waals surface area contributed by atoms with E-state index in [1.807, 2.05) is 6.92 Å². The third-order valence-electron chi connectivity index (χ3n) is 3.18. The zero-order valence-corrected chi connectivity index (χ0v) is 13.8. The molecule has 21 heavy (non-hydrogen) atoms. The summed E-state index contributed by atoms with van der Waals surface area (Å²) in [5.41, 5.74) is 0.634. The molecule has 0 aromatic heterocycles. The summed E-state index contributed by atoms with van der Waals surface area (Å²) < 4.78 is 28.9. The molecule has 112 valence electrons. The highest BCUT2D eigenvalue weighted by Gasteiger charge is 2.23. The fourth-order valence-corrected chi connectivity index (χ4v) is 2.80. The van der Waals surface area contributed by atoms with E-state index in [0.717, 1.165) is 6.42 Å². The highest BCUT2D eigenvalue weighted by molar-refractivity contribution is 9.10.